The number of rotatable bonds is 8. The molecule has 0 saturated heterocycles. The lowest BCUT2D eigenvalue weighted by molar-refractivity contribution is 0.974. The third-order valence-electron chi connectivity index (χ3n) is 13.7. The zero-order chi connectivity index (χ0) is 72.8. The Kier molecular flexibility index (Phi) is 28.9. The third-order valence-corrected chi connectivity index (χ3v) is 13.7. The van der Waals surface area contributed by atoms with Crippen molar-refractivity contribution in [2.24, 2.45) is 0 Å². The minimum Gasteiger partial charge on any atom is -0.265 e. The Bertz CT molecular complexity index is 4160. The minimum atomic E-state index is 0.619. The van der Waals surface area contributed by atoms with E-state index >= 15 is 0 Å². The molecule has 0 fully saturated rings. The molecule has 104 heavy (non-hydrogen) atoms. The Morgan fingerprint density at radius 3 is 0.981 bits per heavy atom. The summed E-state index contributed by atoms with van der Waals surface area (Å²) < 4.78 is 0. The molecule has 0 aliphatic heterocycles. The first-order valence-electron chi connectivity index (χ1n) is 32.4. The Hall–Kier alpha value is -14.2. The molecular weight excluding hydrogens is 1300 g/mol. The van der Waals surface area contributed by atoms with Crippen LogP contribution >= 0.6 is 0 Å². The monoisotopic (exact) mass is 1370 g/mol. The van der Waals surface area contributed by atoms with Gasteiger partial charge in [-0.1, -0.05) is 72.8 Å². The summed E-state index contributed by atoms with van der Waals surface area (Å²) >= 11 is 0. The molecule has 0 unspecified atom stereocenters. The van der Waals surface area contributed by atoms with Gasteiger partial charge in [0.2, 0.25) is 0 Å². The highest BCUT2D eigenvalue weighted by Gasteiger charge is 2.06. The average Bonchev–Trinajstić information content (AvgIpc) is 0.973. The molecule has 512 valence electrons. The lowest BCUT2D eigenvalue weighted by Crippen LogP contribution is -1.95. The van der Waals surface area contributed by atoms with Gasteiger partial charge in [-0.05, 0) is 159 Å². The molecule has 16 rings (SSSR count). The highest BCUT2D eigenvalue weighted by atomic mass is 15.0. The smallest absolute Gasteiger partial charge is 0.181 e. The van der Waals surface area contributed by atoms with E-state index < -0.39 is 0 Å². The van der Waals surface area contributed by atoms with Crippen molar-refractivity contribution in [3.8, 4) is 90.8 Å². The molecule has 25 heteroatoms. The van der Waals surface area contributed by atoms with Gasteiger partial charge in [0, 0.05) is 132 Å². The number of hydrogen-bond acceptors (Lipinski definition) is 25. The van der Waals surface area contributed by atoms with E-state index in [9.17, 15) is 0 Å². The minimum absolute atomic E-state index is 0.619. The quantitative estimate of drug-likeness (QED) is 0.136. The van der Waals surface area contributed by atoms with Crippen molar-refractivity contribution in [2.45, 2.75) is 55.4 Å². The van der Waals surface area contributed by atoms with Crippen molar-refractivity contribution in [1.29, 1.82) is 0 Å². The van der Waals surface area contributed by atoms with E-state index in [1.807, 2.05) is 231 Å². The van der Waals surface area contributed by atoms with Crippen molar-refractivity contribution >= 4 is 0 Å². The summed E-state index contributed by atoms with van der Waals surface area (Å²) in [6.45, 7) is 15.0. The van der Waals surface area contributed by atoms with E-state index in [0.717, 1.165) is 114 Å². The van der Waals surface area contributed by atoms with E-state index in [0.29, 0.717) is 23.3 Å². The molecule has 0 aliphatic carbocycles. The van der Waals surface area contributed by atoms with Gasteiger partial charge in [-0.3, -0.25) is 29.9 Å². The van der Waals surface area contributed by atoms with Crippen LogP contribution in [0.1, 0.15) is 46.5 Å². The number of benzene rings is 2. The first-order chi connectivity index (χ1) is 50.9. The Morgan fingerprint density at radius 2 is 0.529 bits per heavy atom. The molecule has 0 aliphatic rings. The van der Waals surface area contributed by atoms with Gasteiger partial charge in [0.05, 0.1) is 28.5 Å². The van der Waals surface area contributed by atoms with Crippen LogP contribution in [-0.4, -0.2) is 125 Å². The van der Waals surface area contributed by atoms with Gasteiger partial charge >= 0.3 is 0 Å². The molecule has 0 N–H and O–H groups in total. The zero-order valence-electron chi connectivity index (χ0n) is 58.3. The van der Waals surface area contributed by atoms with E-state index in [-0.39, 0.29) is 0 Å². The summed E-state index contributed by atoms with van der Waals surface area (Å²) in [5.74, 6) is 8.07. The van der Waals surface area contributed by atoms with Crippen molar-refractivity contribution < 1.29 is 0 Å². The van der Waals surface area contributed by atoms with E-state index in [1.54, 1.807) is 93.0 Å². The highest BCUT2D eigenvalue weighted by molar-refractivity contribution is 5.60. The van der Waals surface area contributed by atoms with Crippen molar-refractivity contribution in [3.63, 3.8) is 0 Å². The van der Waals surface area contributed by atoms with Crippen LogP contribution in [0.3, 0.4) is 0 Å². The lowest BCUT2D eigenvalue weighted by atomic mass is 10.1. The van der Waals surface area contributed by atoms with E-state index in [1.165, 1.54) is 19.0 Å². The fourth-order valence-corrected chi connectivity index (χ4v) is 8.81. The van der Waals surface area contributed by atoms with Crippen molar-refractivity contribution in [1.82, 2.24) is 125 Å². The largest absolute Gasteiger partial charge is 0.265 e. The Labute approximate surface area is 602 Å². The number of aromatic nitrogens is 25. The second kappa shape index (κ2) is 40.6. The Balaban J connectivity index is 0.000000138. The summed E-state index contributed by atoms with van der Waals surface area (Å²) in [5.41, 5.74) is 12.5. The molecule has 0 saturated carbocycles. The predicted octanol–water partition coefficient (Wildman–Crippen LogP) is 14.2. The normalized spacial score (nSPS) is 9.92. The van der Waals surface area contributed by atoms with Gasteiger partial charge in [-0.2, -0.15) is 0 Å². The number of hydrogen-bond donors (Lipinski definition) is 0. The van der Waals surface area contributed by atoms with Gasteiger partial charge < -0.3 is 0 Å². The molecular formula is C79H71N25. The zero-order valence-corrected chi connectivity index (χ0v) is 58.3. The van der Waals surface area contributed by atoms with Gasteiger partial charge in [-0.25, -0.2) is 94.7 Å². The molecule has 14 aromatic heterocycles. The van der Waals surface area contributed by atoms with Gasteiger partial charge in [0.25, 0.3) is 0 Å². The van der Waals surface area contributed by atoms with Crippen LogP contribution in [0.4, 0.5) is 0 Å². The standard InChI is InChI=1S/C11H10N2.5C10H9N3.2C9H8N4/c1-9-12-8-7-11(13-9)10-5-3-2-4-6-10;1-8-2-7-12-10(13-8)9-3-5-11-6-4-9;1-8-12-7-4-10(13-8)9-2-5-11-6-3-9;1-8-12-6-4-10(13-8)9-3-2-5-11-7-9;1-8-11-7-5-10(13-8)9-4-2-3-6-12-9;1-8-11-7-12-10(13-8)9-5-3-2-4-6-9;1-7-11-6-12-9(13-7)8-3-2-4-10-5-8;1-7-11-6-12-9(13-7)8-4-2-3-5-10-8/h2-8H,1H3;5*2-7H,1H3;2*2-6H,1H3. The Morgan fingerprint density at radius 1 is 0.173 bits per heavy atom. The van der Waals surface area contributed by atoms with Gasteiger partial charge in [0.1, 0.15) is 65.4 Å². The van der Waals surface area contributed by atoms with Crippen molar-refractivity contribution in [3.05, 3.63) is 334 Å². The molecule has 14 heterocycles. The van der Waals surface area contributed by atoms with Crippen LogP contribution in [0.5, 0.6) is 0 Å². The fourth-order valence-electron chi connectivity index (χ4n) is 8.81. The predicted molar refractivity (Wildman–Crippen MR) is 398 cm³/mol. The van der Waals surface area contributed by atoms with Crippen LogP contribution in [0.15, 0.2) is 288 Å². The van der Waals surface area contributed by atoms with Crippen LogP contribution in [0, 0.1) is 55.4 Å². The summed E-state index contributed by atoms with van der Waals surface area (Å²) in [5, 5.41) is 0. The molecule has 0 radical (unpaired) electrons. The fraction of sp³-hybridized carbons (Fsp3) is 0.101. The summed E-state index contributed by atoms with van der Waals surface area (Å²) in [6.07, 6.45) is 30.8. The summed E-state index contributed by atoms with van der Waals surface area (Å²) in [4.78, 5) is 103. The lowest BCUT2D eigenvalue weighted by Gasteiger charge is -1.99. The van der Waals surface area contributed by atoms with Crippen LogP contribution < -0.4 is 0 Å². The average molecular weight is 1370 g/mol. The number of aryl methyl sites for hydroxylation is 8. The molecule has 0 amide bonds. The number of pyridine rings is 6. The maximum Gasteiger partial charge on any atom is 0.181 e. The first-order valence-corrected chi connectivity index (χ1v) is 32.4. The topological polar surface area (TPSA) is 322 Å². The van der Waals surface area contributed by atoms with E-state index in [2.05, 4.69) is 125 Å². The SMILES string of the molecule is Cc1ccnc(-c2ccncc2)n1.Cc1nccc(-c2ccccc2)n1.Cc1nccc(-c2ccccn2)n1.Cc1nccc(-c2cccnc2)n1.Cc1nccc(-c2ccncc2)n1.Cc1ncnc(-c2ccccc2)n1.Cc1ncnc(-c2ccccn2)n1.Cc1ncnc(-c2cccnc2)n1. The maximum atomic E-state index is 4.33. The first kappa shape index (κ1) is 74.0. The van der Waals surface area contributed by atoms with Crippen LogP contribution in [-0.2, 0) is 0 Å². The van der Waals surface area contributed by atoms with Crippen LogP contribution in [0.25, 0.3) is 90.8 Å². The highest BCUT2D eigenvalue weighted by Crippen LogP contribution is 2.19. The molecule has 16 aromatic rings. The second-order valence-electron chi connectivity index (χ2n) is 21.7. The van der Waals surface area contributed by atoms with E-state index in [4.69, 9.17) is 0 Å². The molecule has 25 nitrogen and oxygen atoms in total. The van der Waals surface area contributed by atoms with Gasteiger partial charge in [-0.15, -0.1) is 0 Å². The maximum absolute atomic E-state index is 4.33. The second-order valence-corrected chi connectivity index (χ2v) is 21.7. The van der Waals surface area contributed by atoms with Crippen LogP contribution in [0.2, 0.25) is 0 Å². The molecule has 2 aromatic carbocycles. The van der Waals surface area contributed by atoms with Gasteiger partial charge in [0.15, 0.2) is 23.3 Å². The molecule has 0 atom stereocenters. The number of nitrogens with zero attached hydrogens (tertiary/aromatic N) is 25. The third kappa shape index (κ3) is 25.3. The summed E-state index contributed by atoms with van der Waals surface area (Å²) in [6, 6.07) is 56.1. The molecule has 0 bridgehead atoms. The molecule has 0 spiro atoms. The summed E-state index contributed by atoms with van der Waals surface area (Å²) in [7, 11) is 0. The van der Waals surface area contributed by atoms with Crippen molar-refractivity contribution in [2.75, 3.05) is 0 Å².